The molecule has 0 spiro atoms. The molecule has 0 aliphatic heterocycles. The number of Topliss-reactive ketones (excluding diaryl/α,β-unsaturated/α-hetero) is 1. The van der Waals surface area contributed by atoms with Gasteiger partial charge in [-0.3, -0.25) is 9.59 Å². The summed E-state index contributed by atoms with van der Waals surface area (Å²) in [5.41, 5.74) is 0.781. The van der Waals surface area contributed by atoms with E-state index in [0.29, 0.717) is 29.0 Å². The molecule has 0 aliphatic rings. The molecule has 0 saturated carbocycles. The molecule has 0 atom stereocenters. The molecule has 0 radical (unpaired) electrons. The van der Waals surface area contributed by atoms with Gasteiger partial charge in [-0.05, 0) is 38.1 Å². The molecule has 3 rings (SSSR count). The van der Waals surface area contributed by atoms with Gasteiger partial charge >= 0.3 is 5.63 Å². The molecule has 6 nitrogen and oxygen atoms in total. The molecule has 132 valence electrons. The zero-order valence-corrected chi connectivity index (χ0v) is 14.4. The van der Waals surface area contributed by atoms with Crippen LogP contribution in [0.4, 0.5) is 5.69 Å². The van der Waals surface area contributed by atoms with Crippen LogP contribution >= 0.6 is 0 Å². The average Bonchev–Trinajstić information content (AvgIpc) is 2.61. The van der Waals surface area contributed by atoms with Crippen molar-refractivity contribution < 1.29 is 18.7 Å². The summed E-state index contributed by atoms with van der Waals surface area (Å²) in [5.74, 6) is -0.0158. The molecule has 0 saturated heterocycles. The van der Waals surface area contributed by atoms with E-state index in [9.17, 15) is 14.4 Å². The third kappa shape index (κ3) is 3.64. The first-order chi connectivity index (χ1) is 12.5. The van der Waals surface area contributed by atoms with Crippen molar-refractivity contribution in [1.29, 1.82) is 0 Å². The maximum Gasteiger partial charge on any atom is 0.337 e. The van der Waals surface area contributed by atoms with Gasteiger partial charge in [-0.25, -0.2) is 4.79 Å². The van der Waals surface area contributed by atoms with Crippen LogP contribution in [0.15, 0.2) is 57.7 Å². The summed E-state index contributed by atoms with van der Waals surface area (Å²) in [5, 5.41) is 3.20. The zero-order chi connectivity index (χ0) is 18.7. The predicted molar refractivity (Wildman–Crippen MR) is 98.1 cm³/mol. The molecule has 0 fully saturated rings. The Morgan fingerprint density at radius 2 is 1.92 bits per heavy atom. The highest BCUT2D eigenvalue weighted by Gasteiger charge is 2.14. The summed E-state index contributed by atoms with van der Waals surface area (Å²) in [6.45, 7) is 3.77. The van der Waals surface area contributed by atoms with E-state index in [1.165, 1.54) is 6.92 Å². The Hall–Kier alpha value is -3.41. The molecule has 1 aromatic heterocycles. The predicted octanol–water partition coefficient (Wildman–Crippen LogP) is 3.65. The van der Waals surface area contributed by atoms with E-state index in [2.05, 4.69) is 5.32 Å². The van der Waals surface area contributed by atoms with Gasteiger partial charge < -0.3 is 14.5 Å². The maximum atomic E-state index is 12.7. The molecule has 0 aliphatic carbocycles. The van der Waals surface area contributed by atoms with Crippen LogP contribution in [0.5, 0.6) is 5.75 Å². The number of hydrogen-bond donors (Lipinski definition) is 1. The Balaban J connectivity index is 1.99. The summed E-state index contributed by atoms with van der Waals surface area (Å²) in [4.78, 5) is 36.0. The van der Waals surface area contributed by atoms with Crippen LogP contribution in [0.1, 0.15) is 34.6 Å². The molecule has 0 unspecified atom stereocenters. The van der Waals surface area contributed by atoms with Gasteiger partial charge in [-0.1, -0.05) is 12.1 Å². The minimum atomic E-state index is -0.631. The summed E-state index contributed by atoms with van der Waals surface area (Å²) in [6.07, 6.45) is 0. The SMILES string of the molecule is CCOc1ccc2c(C(=O)Nc3cccc(C(C)=O)c3)cc(=O)oc2c1. The minimum Gasteiger partial charge on any atom is -0.494 e. The molecule has 2 aromatic carbocycles. The number of carbonyl (C=O) groups is 2. The number of ketones is 1. The molecular weight excluding hydrogens is 334 g/mol. The number of anilines is 1. The van der Waals surface area contributed by atoms with Gasteiger partial charge in [-0.15, -0.1) is 0 Å². The highest BCUT2D eigenvalue weighted by molar-refractivity contribution is 6.12. The molecule has 1 amide bonds. The number of hydrogen-bond acceptors (Lipinski definition) is 5. The third-order valence-electron chi connectivity index (χ3n) is 3.80. The van der Waals surface area contributed by atoms with Gasteiger partial charge in [0.05, 0.1) is 12.2 Å². The summed E-state index contributed by atoms with van der Waals surface area (Å²) >= 11 is 0. The quantitative estimate of drug-likeness (QED) is 0.560. The van der Waals surface area contributed by atoms with Crippen LogP contribution in [0.25, 0.3) is 11.0 Å². The van der Waals surface area contributed by atoms with Crippen molar-refractivity contribution >= 4 is 28.3 Å². The van der Waals surface area contributed by atoms with E-state index in [1.54, 1.807) is 42.5 Å². The number of ether oxygens (including phenoxy) is 1. The van der Waals surface area contributed by atoms with Crippen molar-refractivity contribution in [2.24, 2.45) is 0 Å². The fourth-order valence-electron chi connectivity index (χ4n) is 2.60. The average molecular weight is 351 g/mol. The first-order valence-electron chi connectivity index (χ1n) is 8.11. The van der Waals surface area contributed by atoms with Crippen molar-refractivity contribution in [2.75, 3.05) is 11.9 Å². The number of fused-ring (bicyclic) bond motifs is 1. The number of carbonyl (C=O) groups excluding carboxylic acids is 2. The first-order valence-corrected chi connectivity index (χ1v) is 8.11. The maximum absolute atomic E-state index is 12.7. The summed E-state index contributed by atoms with van der Waals surface area (Å²) < 4.78 is 10.6. The van der Waals surface area contributed by atoms with Crippen molar-refractivity contribution in [2.45, 2.75) is 13.8 Å². The second kappa shape index (κ2) is 7.23. The van der Waals surface area contributed by atoms with Crippen LogP contribution < -0.4 is 15.7 Å². The van der Waals surface area contributed by atoms with Gasteiger partial charge in [0.2, 0.25) is 0 Å². The Bertz CT molecular complexity index is 1050. The molecular formula is C20H17NO5. The van der Waals surface area contributed by atoms with Crippen molar-refractivity contribution in [1.82, 2.24) is 0 Å². The van der Waals surface area contributed by atoms with E-state index in [4.69, 9.17) is 9.15 Å². The summed E-state index contributed by atoms with van der Waals surface area (Å²) in [6, 6.07) is 12.7. The topological polar surface area (TPSA) is 85.6 Å². The molecule has 6 heteroatoms. The number of nitrogens with one attached hydrogen (secondary N) is 1. The minimum absolute atomic E-state index is 0.102. The third-order valence-corrected chi connectivity index (χ3v) is 3.80. The number of rotatable bonds is 5. The van der Waals surface area contributed by atoms with E-state index >= 15 is 0 Å². The van der Waals surface area contributed by atoms with Gasteiger partial charge in [0.25, 0.3) is 5.91 Å². The highest BCUT2D eigenvalue weighted by atomic mass is 16.5. The van der Waals surface area contributed by atoms with E-state index < -0.39 is 11.5 Å². The zero-order valence-electron chi connectivity index (χ0n) is 14.4. The second-order valence-corrected chi connectivity index (χ2v) is 5.66. The van der Waals surface area contributed by atoms with Gasteiger partial charge in [-0.2, -0.15) is 0 Å². The number of amides is 1. The second-order valence-electron chi connectivity index (χ2n) is 5.66. The number of benzene rings is 2. The Morgan fingerprint density at radius 1 is 1.12 bits per heavy atom. The lowest BCUT2D eigenvalue weighted by atomic mass is 10.1. The lowest BCUT2D eigenvalue weighted by molar-refractivity contribution is 0.101. The first kappa shape index (κ1) is 17.4. The van der Waals surface area contributed by atoms with Crippen LogP contribution in [0.3, 0.4) is 0 Å². The Morgan fingerprint density at radius 3 is 2.65 bits per heavy atom. The Kier molecular flexibility index (Phi) is 4.84. The van der Waals surface area contributed by atoms with Gasteiger partial charge in [0.1, 0.15) is 11.3 Å². The largest absolute Gasteiger partial charge is 0.494 e. The molecule has 3 aromatic rings. The summed E-state index contributed by atoms with van der Waals surface area (Å²) in [7, 11) is 0. The van der Waals surface area contributed by atoms with Crippen molar-refractivity contribution in [3.63, 3.8) is 0 Å². The van der Waals surface area contributed by atoms with Gasteiger partial charge in [0.15, 0.2) is 5.78 Å². The Labute approximate surface area is 149 Å². The fraction of sp³-hybridized carbons (Fsp3) is 0.150. The van der Waals surface area contributed by atoms with E-state index in [1.807, 2.05) is 6.92 Å². The highest BCUT2D eigenvalue weighted by Crippen LogP contribution is 2.23. The van der Waals surface area contributed by atoms with E-state index in [0.717, 1.165) is 6.07 Å². The van der Waals surface area contributed by atoms with Crippen molar-refractivity contribution in [3.05, 3.63) is 70.1 Å². The standard InChI is InChI=1S/C20H17NO5/c1-3-25-15-7-8-16-17(11-19(23)26-18(16)10-15)20(24)21-14-6-4-5-13(9-14)12(2)22/h4-11H,3H2,1-2H3,(H,21,24). The van der Waals surface area contributed by atoms with Crippen LogP contribution in [0.2, 0.25) is 0 Å². The van der Waals surface area contributed by atoms with E-state index in [-0.39, 0.29) is 16.9 Å². The molecule has 26 heavy (non-hydrogen) atoms. The van der Waals surface area contributed by atoms with Gasteiger partial charge in [0, 0.05) is 28.8 Å². The smallest absolute Gasteiger partial charge is 0.337 e. The fourth-order valence-corrected chi connectivity index (χ4v) is 2.60. The molecule has 0 bridgehead atoms. The monoisotopic (exact) mass is 351 g/mol. The van der Waals surface area contributed by atoms with Crippen LogP contribution in [0, 0.1) is 0 Å². The molecule has 1 heterocycles. The lowest BCUT2D eigenvalue weighted by Gasteiger charge is -2.09. The van der Waals surface area contributed by atoms with Crippen molar-refractivity contribution in [3.8, 4) is 5.75 Å². The lowest BCUT2D eigenvalue weighted by Crippen LogP contribution is -2.15. The normalized spacial score (nSPS) is 10.5. The van der Waals surface area contributed by atoms with Crippen LogP contribution in [-0.2, 0) is 0 Å². The molecule has 1 N–H and O–H groups in total. The van der Waals surface area contributed by atoms with Crippen LogP contribution in [-0.4, -0.2) is 18.3 Å².